The Morgan fingerprint density at radius 3 is 2.88 bits per heavy atom. The van der Waals surface area contributed by atoms with Crippen LogP contribution in [0, 0.1) is 17.3 Å². The average molecular weight is 334 g/mol. The number of carbonyl (C=O) groups is 2. The lowest BCUT2D eigenvalue weighted by molar-refractivity contribution is -0.153. The summed E-state index contributed by atoms with van der Waals surface area (Å²) >= 11 is 0. The highest BCUT2D eigenvalue weighted by atomic mass is 16.5. The molecule has 24 heavy (non-hydrogen) atoms. The third kappa shape index (κ3) is 4.08. The fourth-order valence-corrected chi connectivity index (χ4v) is 4.53. The van der Waals surface area contributed by atoms with E-state index in [1.807, 2.05) is 6.08 Å². The summed E-state index contributed by atoms with van der Waals surface area (Å²) in [6, 6.07) is 0. The van der Waals surface area contributed by atoms with E-state index in [9.17, 15) is 9.59 Å². The number of hydrogen-bond donors (Lipinski definition) is 0. The molecule has 1 fully saturated rings. The van der Waals surface area contributed by atoms with Crippen molar-refractivity contribution in [3.63, 3.8) is 0 Å². The third-order valence-electron chi connectivity index (χ3n) is 5.58. The number of fused-ring (bicyclic) bond motifs is 1. The van der Waals surface area contributed by atoms with Crippen molar-refractivity contribution < 1.29 is 19.1 Å². The van der Waals surface area contributed by atoms with Crippen molar-refractivity contribution in [1.82, 2.24) is 0 Å². The van der Waals surface area contributed by atoms with Crippen LogP contribution >= 0.6 is 0 Å². The summed E-state index contributed by atoms with van der Waals surface area (Å²) in [5, 5.41) is 0. The van der Waals surface area contributed by atoms with E-state index in [0.29, 0.717) is 18.4 Å². The molecule has 0 bridgehead atoms. The van der Waals surface area contributed by atoms with Gasteiger partial charge < -0.3 is 9.47 Å². The van der Waals surface area contributed by atoms with Gasteiger partial charge in [-0.15, -0.1) is 0 Å². The van der Waals surface area contributed by atoms with E-state index < -0.39 is 0 Å². The number of ether oxygens (including phenoxy) is 2. The van der Waals surface area contributed by atoms with Crippen LogP contribution in [0.25, 0.3) is 0 Å². The second-order valence-corrected chi connectivity index (χ2v) is 7.25. The summed E-state index contributed by atoms with van der Waals surface area (Å²) in [6.45, 7) is 8.24. The number of carbonyl (C=O) groups excluding carboxylic acids is 2. The molecule has 0 aromatic carbocycles. The van der Waals surface area contributed by atoms with Gasteiger partial charge in [-0.1, -0.05) is 31.6 Å². The summed E-state index contributed by atoms with van der Waals surface area (Å²) in [6.07, 6.45) is 10.8. The van der Waals surface area contributed by atoms with Crippen molar-refractivity contribution in [2.45, 2.75) is 65.9 Å². The SMILES string of the molecule is CCOC(=O)C=CC[C@H](C)C1=CCC2[C@@H](OC(C)=O)CCC[C@]12C. The minimum absolute atomic E-state index is 0.0391. The van der Waals surface area contributed by atoms with Crippen LogP contribution in [0.5, 0.6) is 0 Å². The van der Waals surface area contributed by atoms with Crippen molar-refractivity contribution in [3.8, 4) is 0 Å². The van der Waals surface area contributed by atoms with Gasteiger partial charge in [0.2, 0.25) is 0 Å². The maximum atomic E-state index is 11.4. The Hall–Kier alpha value is -1.58. The molecule has 4 heteroatoms. The van der Waals surface area contributed by atoms with Gasteiger partial charge >= 0.3 is 11.9 Å². The van der Waals surface area contributed by atoms with E-state index >= 15 is 0 Å². The van der Waals surface area contributed by atoms with Crippen LogP contribution in [-0.4, -0.2) is 24.6 Å². The number of esters is 2. The maximum Gasteiger partial charge on any atom is 0.330 e. The fraction of sp³-hybridized carbons (Fsp3) is 0.700. The predicted octanol–water partition coefficient (Wildman–Crippen LogP) is 4.20. The molecule has 0 aromatic heterocycles. The molecular weight excluding hydrogens is 304 g/mol. The highest BCUT2D eigenvalue weighted by Gasteiger charge is 2.49. The van der Waals surface area contributed by atoms with Gasteiger partial charge in [0, 0.05) is 18.9 Å². The van der Waals surface area contributed by atoms with Crippen molar-refractivity contribution in [3.05, 3.63) is 23.8 Å². The Kier molecular flexibility index (Phi) is 6.25. The second kappa shape index (κ2) is 8.00. The number of rotatable bonds is 6. The Balaban J connectivity index is 2.01. The van der Waals surface area contributed by atoms with Gasteiger partial charge in [0.25, 0.3) is 0 Å². The Morgan fingerprint density at radius 2 is 2.21 bits per heavy atom. The zero-order valence-electron chi connectivity index (χ0n) is 15.3. The molecule has 0 amide bonds. The van der Waals surface area contributed by atoms with E-state index in [4.69, 9.17) is 9.47 Å². The van der Waals surface area contributed by atoms with Crippen LogP contribution in [0.1, 0.15) is 59.8 Å². The fourth-order valence-electron chi connectivity index (χ4n) is 4.53. The van der Waals surface area contributed by atoms with E-state index in [2.05, 4.69) is 19.9 Å². The minimum Gasteiger partial charge on any atom is -0.463 e. The van der Waals surface area contributed by atoms with E-state index in [-0.39, 0.29) is 23.5 Å². The summed E-state index contributed by atoms with van der Waals surface area (Å²) < 4.78 is 10.5. The molecule has 0 radical (unpaired) electrons. The molecule has 4 atom stereocenters. The first-order valence-electron chi connectivity index (χ1n) is 9.09. The lowest BCUT2D eigenvalue weighted by Crippen LogP contribution is -2.41. The van der Waals surface area contributed by atoms with Crippen LogP contribution in [-0.2, 0) is 19.1 Å². The highest BCUT2D eigenvalue weighted by molar-refractivity contribution is 5.81. The molecule has 134 valence electrons. The maximum absolute atomic E-state index is 11.4. The molecule has 2 aliphatic rings. The average Bonchev–Trinajstić information content (AvgIpc) is 2.85. The first kappa shape index (κ1) is 18.8. The van der Waals surface area contributed by atoms with Gasteiger partial charge in [0.1, 0.15) is 6.10 Å². The van der Waals surface area contributed by atoms with E-state index in [1.54, 1.807) is 6.92 Å². The highest BCUT2D eigenvalue weighted by Crippen LogP contribution is 2.55. The summed E-state index contributed by atoms with van der Waals surface area (Å²) in [5.41, 5.74) is 1.56. The van der Waals surface area contributed by atoms with Gasteiger partial charge in [-0.3, -0.25) is 4.79 Å². The molecule has 0 aromatic rings. The minimum atomic E-state index is -0.276. The number of allylic oxidation sites excluding steroid dienone is 3. The van der Waals surface area contributed by atoms with E-state index in [0.717, 1.165) is 32.1 Å². The standard InChI is InChI=1S/C20H30O4/c1-5-23-19(22)10-6-8-14(2)16-11-12-17-18(24-15(3)21)9-7-13-20(16,17)4/h6,10-11,14,17-18H,5,7-9,12-13H2,1-4H3/t14-,17?,18-,20+/m0/s1. The monoisotopic (exact) mass is 334 g/mol. The molecule has 0 aliphatic heterocycles. The van der Waals surface area contributed by atoms with Gasteiger partial charge in [0.15, 0.2) is 0 Å². The second-order valence-electron chi connectivity index (χ2n) is 7.25. The predicted molar refractivity (Wildman–Crippen MR) is 93.3 cm³/mol. The topological polar surface area (TPSA) is 52.6 Å². The van der Waals surface area contributed by atoms with Crippen molar-refractivity contribution in [1.29, 1.82) is 0 Å². The molecule has 0 saturated heterocycles. The van der Waals surface area contributed by atoms with Crippen LogP contribution in [0.2, 0.25) is 0 Å². The normalized spacial score (nSPS) is 30.6. The zero-order chi connectivity index (χ0) is 17.7. The van der Waals surface area contributed by atoms with Crippen LogP contribution in [0.4, 0.5) is 0 Å². The van der Waals surface area contributed by atoms with Crippen molar-refractivity contribution in [2.24, 2.45) is 17.3 Å². The molecule has 0 heterocycles. The molecular formula is C20H30O4. The summed E-state index contributed by atoms with van der Waals surface area (Å²) in [5.74, 6) is 0.313. The zero-order valence-corrected chi connectivity index (χ0v) is 15.3. The first-order valence-corrected chi connectivity index (χ1v) is 9.09. The molecule has 4 nitrogen and oxygen atoms in total. The molecule has 2 rings (SSSR count). The van der Waals surface area contributed by atoms with Gasteiger partial charge in [0.05, 0.1) is 6.61 Å². The lowest BCUT2D eigenvalue weighted by Gasteiger charge is -2.44. The van der Waals surface area contributed by atoms with Crippen molar-refractivity contribution >= 4 is 11.9 Å². The third-order valence-corrected chi connectivity index (χ3v) is 5.58. The first-order chi connectivity index (χ1) is 11.4. The van der Waals surface area contributed by atoms with Crippen molar-refractivity contribution in [2.75, 3.05) is 6.61 Å². The Labute approximate surface area is 145 Å². The molecule has 0 N–H and O–H groups in total. The largest absolute Gasteiger partial charge is 0.463 e. The lowest BCUT2D eigenvalue weighted by atomic mass is 9.63. The molecule has 1 saturated carbocycles. The van der Waals surface area contributed by atoms with Crippen LogP contribution in [0.15, 0.2) is 23.8 Å². The van der Waals surface area contributed by atoms with Gasteiger partial charge in [-0.25, -0.2) is 4.79 Å². The molecule has 0 spiro atoms. The van der Waals surface area contributed by atoms with Gasteiger partial charge in [-0.2, -0.15) is 0 Å². The van der Waals surface area contributed by atoms with Crippen LogP contribution < -0.4 is 0 Å². The quantitative estimate of drug-likeness (QED) is 0.415. The summed E-state index contributed by atoms with van der Waals surface area (Å²) in [7, 11) is 0. The molecule has 2 aliphatic carbocycles. The Bertz CT molecular complexity index is 534. The molecule has 1 unspecified atom stereocenters. The van der Waals surface area contributed by atoms with E-state index in [1.165, 1.54) is 18.6 Å². The smallest absolute Gasteiger partial charge is 0.330 e. The van der Waals surface area contributed by atoms with Crippen LogP contribution in [0.3, 0.4) is 0 Å². The summed E-state index contributed by atoms with van der Waals surface area (Å²) in [4.78, 5) is 22.8. The Morgan fingerprint density at radius 1 is 1.46 bits per heavy atom. The van der Waals surface area contributed by atoms with Gasteiger partial charge in [-0.05, 0) is 50.4 Å². The number of hydrogen-bond acceptors (Lipinski definition) is 4.